The van der Waals surface area contributed by atoms with Crippen LogP contribution in [0.2, 0.25) is 0 Å². The minimum atomic E-state index is -0.221. The Morgan fingerprint density at radius 2 is 1.87 bits per heavy atom. The summed E-state index contributed by atoms with van der Waals surface area (Å²) in [6.07, 6.45) is 8.62. The zero-order valence-electron chi connectivity index (χ0n) is 17.8. The largest absolute Gasteiger partial charge is 0.375 e. The lowest BCUT2D eigenvalue weighted by atomic mass is 9.99. The van der Waals surface area contributed by atoms with Crippen molar-refractivity contribution in [3.8, 4) is 0 Å². The van der Waals surface area contributed by atoms with E-state index in [9.17, 15) is 14.4 Å². The van der Waals surface area contributed by atoms with Crippen molar-refractivity contribution in [2.24, 2.45) is 5.92 Å². The number of nitrogens with one attached hydrogen (secondary N) is 1. The predicted molar refractivity (Wildman–Crippen MR) is 111 cm³/mol. The minimum absolute atomic E-state index is 0.0315. The maximum atomic E-state index is 12.9. The van der Waals surface area contributed by atoms with E-state index in [2.05, 4.69) is 4.98 Å². The van der Waals surface area contributed by atoms with E-state index in [0.29, 0.717) is 49.8 Å². The van der Waals surface area contributed by atoms with Gasteiger partial charge in [0, 0.05) is 33.0 Å². The molecule has 1 aromatic rings. The summed E-state index contributed by atoms with van der Waals surface area (Å²) in [5.74, 6) is 1.14. The summed E-state index contributed by atoms with van der Waals surface area (Å²) in [6.45, 7) is 1.62. The van der Waals surface area contributed by atoms with E-state index in [1.54, 1.807) is 4.90 Å². The van der Waals surface area contributed by atoms with Crippen LogP contribution in [-0.4, -0.2) is 58.4 Å². The highest BCUT2D eigenvalue weighted by atomic mass is 16.5. The number of methoxy groups -OCH3 is 1. The monoisotopic (exact) mass is 416 g/mol. The van der Waals surface area contributed by atoms with Gasteiger partial charge in [-0.3, -0.25) is 14.4 Å². The van der Waals surface area contributed by atoms with Crippen LogP contribution in [0, 0.1) is 5.92 Å². The van der Waals surface area contributed by atoms with Crippen molar-refractivity contribution >= 4 is 11.8 Å². The molecular formula is C22H32N4O4. The number of likely N-dealkylation sites (tertiary alicyclic amines) is 1. The highest BCUT2D eigenvalue weighted by Crippen LogP contribution is 2.30. The third kappa shape index (κ3) is 4.43. The number of carbonyl (C=O) groups excluding carboxylic acids is 2. The van der Waals surface area contributed by atoms with Crippen molar-refractivity contribution in [3.63, 3.8) is 0 Å². The smallest absolute Gasteiger partial charge is 0.256 e. The number of ether oxygens (including phenoxy) is 1. The third-order valence-corrected chi connectivity index (χ3v) is 6.78. The zero-order valence-corrected chi connectivity index (χ0v) is 17.8. The van der Waals surface area contributed by atoms with E-state index in [-0.39, 0.29) is 30.0 Å². The van der Waals surface area contributed by atoms with E-state index < -0.39 is 0 Å². The van der Waals surface area contributed by atoms with Crippen LogP contribution in [-0.2, 0) is 27.3 Å². The molecule has 0 bridgehead atoms. The number of nitrogens with zero attached hydrogens (tertiary/aromatic N) is 3. The Labute approximate surface area is 177 Å². The fraction of sp³-hybridized carbons (Fsp3) is 0.727. The van der Waals surface area contributed by atoms with Gasteiger partial charge in [-0.25, -0.2) is 4.98 Å². The molecule has 3 heterocycles. The van der Waals surface area contributed by atoms with Crippen molar-refractivity contribution in [1.82, 2.24) is 19.8 Å². The second kappa shape index (κ2) is 9.29. The molecule has 1 atom stereocenters. The molecule has 2 amide bonds. The molecule has 2 aliphatic heterocycles. The van der Waals surface area contributed by atoms with Gasteiger partial charge in [0.15, 0.2) is 0 Å². The molecule has 8 nitrogen and oxygen atoms in total. The van der Waals surface area contributed by atoms with Crippen LogP contribution in [0.1, 0.15) is 74.5 Å². The number of piperidine rings is 1. The molecular weight excluding hydrogens is 384 g/mol. The molecule has 164 valence electrons. The lowest BCUT2D eigenvalue weighted by molar-refractivity contribution is -0.139. The van der Waals surface area contributed by atoms with Gasteiger partial charge < -0.3 is 19.5 Å². The topological polar surface area (TPSA) is 95.6 Å². The van der Waals surface area contributed by atoms with Crippen LogP contribution < -0.4 is 5.56 Å². The van der Waals surface area contributed by atoms with Gasteiger partial charge >= 0.3 is 0 Å². The van der Waals surface area contributed by atoms with Crippen LogP contribution in [0.25, 0.3) is 0 Å². The molecule has 2 fully saturated rings. The van der Waals surface area contributed by atoms with E-state index >= 15 is 0 Å². The van der Waals surface area contributed by atoms with E-state index in [1.165, 1.54) is 20.0 Å². The Bertz CT molecular complexity index is 846. The molecule has 0 spiro atoms. The SMILES string of the molecule is COCC(=O)N1CCCC[C@@H]1c1nc2c(c(=O)[nH]1)CN(C(=O)CC1CCCC1)CC2. The van der Waals surface area contributed by atoms with Crippen LogP contribution in [0.15, 0.2) is 4.79 Å². The van der Waals surface area contributed by atoms with E-state index in [4.69, 9.17) is 9.72 Å². The second-order valence-electron chi connectivity index (χ2n) is 8.83. The lowest BCUT2D eigenvalue weighted by Gasteiger charge is -2.35. The van der Waals surface area contributed by atoms with Crippen molar-refractivity contribution < 1.29 is 14.3 Å². The number of rotatable bonds is 5. The van der Waals surface area contributed by atoms with Crippen molar-refractivity contribution in [3.05, 3.63) is 27.4 Å². The van der Waals surface area contributed by atoms with Gasteiger partial charge in [-0.05, 0) is 38.0 Å². The Hall–Kier alpha value is -2.22. The van der Waals surface area contributed by atoms with Crippen molar-refractivity contribution in [2.75, 3.05) is 26.8 Å². The first-order valence-electron chi connectivity index (χ1n) is 11.2. The van der Waals surface area contributed by atoms with Crippen LogP contribution in [0.4, 0.5) is 0 Å². The van der Waals surface area contributed by atoms with Gasteiger partial charge in [-0.15, -0.1) is 0 Å². The molecule has 1 aliphatic carbocycles. The molecule has 8 heteroatoms. The quantitative estimate of drug-likeness (QED) is 0.791. The molecule has 0 radical (unpaired) electrons. The molecule has 0 unspecified atom stereocenters. The van der Waals surface area contributed by atoms with Gasteiger partial charge in [0.2, 0.25) is 11.8 Å². The Balaban J connectivity index is 1.50. The van der Waals surface area contributed by atoms with Gasteiger partial charge in [-0.2, -0.15) is 0 Å². The number of carbonyl (C=O) groups is 2. The molecule has 1 aromatic heterocycles. The molecule has 1 N–H and O–H groups in total. The Morgan fingerprint density at radius 1 is 1.10 bits per heavy atom. The number of fused-ring (bicyclic) bond motifs is 1. The van der Waals surface area contributed by atoms with Crippen molar-refractivity contribution in [1.29, 1.82) is 0 Å². The highest BCUT2D eigenvalue weighted by Gasteiger charge is 2.32. The zero-order chi connectivity index (χ0) is 21.1. The summed E-state index contributed by atoms with van der Waals surface area (Å²) in [7, 11) is 1.51. The van der Waals surface area contributed by atoms with Gasteiger partial charge in [0.1, 0.15) is 12.4 Å². The van der Waals surface area contributed by atoms with E-state index in [1.807, 2.05) is 4.90 Å². The maximum Gasteiger partial charge on any atom is 0.256 e. The summed E-state index contributed by atoms with van der Waals surface area (Å²) in [6, 6.07) is -0.221. The molecule has 1 saturated heterocycles. The average Bonchev–Trinajstić information content (AvgIpc) is 3.26. The number of H-pyrrole nitrogens is 1. The third-order valence-electron chi connectivity index (χ3n) is 6.78. The first-order valence-corrected chi connectivity index (χ1v) is 11.2. The van der Waals surface area contributed by atoms with Crippen LogP contribution in [0.5, 0.6) is 0 Å². The summed E-state index contributed by atoms with van der Waals surface area (Å²) in [5.41, 5.74) is 1.18. The summed E-state index contributed by atoms with van der Waals surface area (Å²) in [5, 5.41) is 0. The number of aromatic nitrogens is 2. The maximum absolute atomic E-state index is 12.9. The van der Waals surface area contributed by atoms with Crippen molar-refractivity contribution in [2.45, 2.75) is 70.4 Å². The summed E-state index contributed by atoms with van der Waals surface area (Å²) < 4.78 is 5.02. The second-order valence-corrected chi connectivity index (χ2v) is 8.83. The number of aromatic amines is 1. The molecule has 1 saturated carbocycles. The van der Waals surface area contributed by atoms with Gasteiger partial charge in [-0.1, -0.05) is 12.8 Å². The molecule has 30 heavy (non-hydrogen) atoms. The fourth-order valence-corrected chi connectivity index (χ4v) is 5.13. The first-order chi connectivity index (χ1) is 14.6. The Morgan fingerprint density at radius 3 is 2.63 bits per heavy atom. The number of hydrogen-bond donors (Lipinski definition) is 1. The summed E-state index contributed by atoms with van der Waals surface area (Å²) in [4.78, 5) is 49.3. The lowest BCUT2D eigenvalue weighted by Crippen LogP contribution is -2.43. The minimum Gasteiger partial charge on any atom is -0.375 e. The number of amides is 2. The highest BCUT2D eigenvalue weighted by molar-refractivity contribution is 5.78. The van der Waals surface area contributed by atoms with Gasteiger partial charge in [0.25, 0.3) is 5.56 Å². The standard InChI is InChI=1S/C22H32N4O4/c1-30-14-20(28)26-10-5-4-8-18(26)21-23-17-9-11-25(13-16(17)22(29)24-21)19(27)12-15-6-2-3-7-15/h15,18H,2-14H2,1H3,(H,23,24,29)/t18-/m1/s1. The molecule has 3 aliphatic rings. The Kier molecular flexibility index (Phi) is 6.51. The molecule has 4 rings (SSSR count). The van der Waals surface area contributed by atoms with E-state index in [0.717, 1.165) is 37.8 Å². The van der Waals surface area contributed by atoms with Gasteiger partial charge in [0.05, 0.1) is 23.8 Å². The number of hydrogen-bond acceptors (Lipinski definition) is 5. The fourth-order valence-electron chi connectivity index (χ4n) is 5.13. The normalized spacial score (nSPS) is 22.2. The predicted octanol–water partition coefficient (Wildman–Crippen LogP) is 1.93. The summed E-state index contributed by atoms with van der Waals surface area (Å²) >= 11 is 0. The molecule has 0 aromatic carbocycles. The first kappa shape index (κ1) is 21.0. The average molecular weight is 417 g/mol. The van der Waals surface area contributed by atoms with Crippen LogP contribution >= 0.6 is 0 Å². The van der Waals surface area contributed by atoms with Crippen LogP contribution in [0.3, 0.4) is 0 Å².